The van der Waals surface area contributed by atoms with Gasteiger partial charge in [-0.15, -0.1) is 0 Å². The van der Waals surface area contributed by atoms with Crippen molar-refractivity contribution in [3.05, 3.63) is 60.2 Å². The predicted molar refractivity (Wildman–Crippen MR) is 81.8 cm³/mol. The number of carbonyl (C=O) groups excluding carboxylic acids is 1. The lowest BCUT2D eigenvalue weighted by molar-refractivity contribution is -0.120. The van der Waals surface area contributed by atoms with E-state index in [-0.39, 0.29) is 17.9 Å². The summed E-state index contributed by atoms with van der Waals surface area (Å²) in [4.78, 5) is 12.4. The summed E-state index contributed by atoms with van der Waals surface area (Å²) in [5, 5.41) is 6.41. The quantitative estimate of drug-likeness (QED) is 0.875. The van der Waals surface area contributed by atoms with Gasteiger partial charge < -0.3 is 10.6 Å². The molecule has 3 rings (SSSR count). The fraction of sp³-hybridized carbons (Fsp3) is 0.235. The van der Waals surface area contributed by atoms with Crippen LogP contribution in [0.3, 0.4) is 0 Å². The fourth-order valence-electron chi connectivity index (χ4n) is 2.67. The molecule has 0 fully saturated rings. The van der Waals surface area contributed by atoms with E-state index in [0.29, 0.717) is 0 Å². The first-order valence-corrected chi connectivity index (χ1v) is 6.94. The largest absolute Gasteiger partial charge is 0.382 e. The van der Waals surface area contributed by atoms with Crippen molar-refractivity contribution in [1.82, 2.24) is 0 Å². The minimum atomic E-state index is -0.0508. The number of amides is 1. The van der Waals surface area contributed by atoms with Gasteiger partial charge in [-0.25, -0.2) is 0 Å². The molecule has 0 radical (unpaired) electrons. The Kier molecular flexibility index (Phi) is 3.42. The highest BCUT2D eigenvalue weighted by molar-refractivity contribution is 5.94. The van der Waals surface area contributed by atoms with E-state index in [2.05, 4.69) is 29.7 Å². The number of anilines is 2. The van der Waals surface area contributed by atoms with Gasteiger partial charge in [0.2, 0.25) is 5.91 Å². The van der Waals surface area contributed by atoms with E-state index >= 15 is 0 Å². The Labute approximate surface area is 119 Å². The summed E-state index contributed by atoms with van der Waals surface area (Å²) in [6.45, 7) is 2.06. The summed E-state index contributed by atoms with van der Waals surface area (Å²) in [5.74, 6) is 0.0239. The molecule has 3 heteroatoms. The van der Waals surface area contributed by atoms with Crippen LogP contribution in [-0.2, 0) is 11.2 Å². The van der Waals surface area contributed by atoms with Gasteiger partial charge >= 0.3 is 0 Å². The van der Waals surface area contributed by atoms with Crippen molar-refractivity contribution in [1.29, 1.82) is 0 Å². The van der Waals surface area contributed by atoms with Gasteiger partial charge in [0.05, 0.1) is 5.92 Å². The first-order chi connectivity index (χ1) is 9.74. The highest BCUT2D eigenvalue weighted by Gasteiger charge is 2.30. The van der Waals surface area contributed by atoms with Crippen LogP contribution >= 0.6 is 0 Å². The topological polar surface area (TPSA) is 41.1 Å². The molecule has 2 N–H and O–H groups in total. The Balaban J connectivity index is 1.76. The average Bonchev–Trinajstić information content (AvgIpc) is 2.47. The van der Waals surface area contributed by atoms with E-state index < -0.39 is 0 Å². The van der Waals surface area contributed by atoms with Crippen LogP contribution in [-0.4, -0.2) is 11.9 Å². The monoisotopic (exact) mass is 266 g/mol. The Bertz CT molecular complexity index is 609. The molecule has 0 saturated carbocycles. The molecule has 0 aromatic heterocycles. The summed E-state index contributed by atoms with van der Waals surface area (Å²) in [5.41, 5.74) is 3.20. The third-order valence-corrected chi connectivity index (χ3v) is 3.82. The van der Waals surface area contributed by atoms with E-state index in [4.69, 9.17) is 0 Å². The number of hydrogen-bond donors (Lipinski definition) is 2. The smallest absolute Gasteiger partial charge is 0.229 e. The molecule has 1 aliphatic heterocycles. The van der Waals surface area contributed by atoms with Crippen molar-refractivity contribution in [2.24, 2.45) is 5.92 Å². The van der Waals surface area contributed by atoms with Crippen molar-refractivity contribution in [2.45, 2.75) is 19.4 Å². The van der Waals surface area contributed by atoms with Crippen LogP contribution in [0.25, 0.3) is 0 Å². The van der Waals surface area contributed by atoms with Crippen molar-refractivity contribution in [3.8, 4) is 0 Å². The first-order valence-electron chi connectivity index (χ1n) is 6.94. The maximum absolute atomic E-state index is 12.4. The van der Waals surface area contributed by atoms with Crippen LogP contribution in [0.1, 0.15) is 12.5 Å². The van der Waals surface area contributed by atoms with Gasteiger partial charge in [-0.2, -0.15) is 0 Å². The Morgan fingerprint density at radius 1 is 1.10 bits per heavy atom. The molecule has 2 unspecified atom stereocenters. The van der Waals surface area contributed by atoms with Crippen LogP contribution in [0.4, 0.5) is 11.4 Å². The number of benzene rings is 2. The second-order valence-corrected chi connectivity index (χ2v) is 5.26. The van der Waals surface area contributed by atoms with Gasteiger partial charge in [0.25, 0.3) is 0 Å². The zero-order valence-electron chi connectivity index (χ0n) is 11.5. The Morgan fingerprint density at radius 2 is 1.80 bits per heavy atom. The lowest BCUT2D eigenvalue weighted by Crippen LogP contribution is -2.40. The molecule has 2 aromatic carbocycles. The third kappa shape index (κ3) is 2.52. The van der Waals surface area contributed by atoms with Crippen molar-refractivity contribution in [2.75, 3.05) is 10.6 Å². The predicted octanol–water partition coefficient (Wildman–Crippen LogP) is 3.30. The number of fused-ring (bicyclic) bond motifs is 1. The van der Waals surface area contributed by atoms with Crippen LogP contribution < -0.4 is 10.6 Å². The number of nitrogens with one attached hydrogen (secondary N) is 2. The SMILES string of the molecule is CC1Nc2ccccc2CC1C(=O)Nc1ccccc1. The van der Waals surface area contributed by atoms with Gasteiger partial charge in [0.15, 0.2) is 0 Å². The second kappa shape index (κ2) is 5.37. The number of rotatable bonds is 2. The fourth-order valence-corrected chi connectivity index (χ4v) is 2.67. The van der Waals surface area contributed by atoms with E-state index in [1.165, 1.54) is 5.56 Å². The molecule has 20 heavy (non-hydrogen) atoms. The molecule has 0 aliphatic carbocycles. The molecule has 0 saturated heterocycles. The third-order valence-electron chi connectivity index (χ3n) is 3.82. The van der Waals surface area contributed by atoms with Crippen LogP contribution in [0.5, 0.6) is 0 Å². The first kappa shape index (κ1) is 12.7. The summed E-state index contributed by atoms with van der Waals surface area (Å²) in [7, 11) is 0. The molecule has 3 nitrogen and oxygen atoms in total. The second-order valence-electron chi connectivity index (χ2n) is 5.26. The van der Waals surface area contributed by atoms with E-state index in [1.54, 1.807) is 0 Å². The summed E-state index contributed by atoms with van der Waals surface area (Å²) in [6.07, 6.45) is 0.781. The van der Waals surface area contributed by atoms with Gasteiger partial charge in [-0.05, 0) is 37.1 Å². The molecule has 102 valence electrons. The number of carbonyl (C=O) groups is 1. The minimum absolute atomic E-state index is 0.0508. The molecular weight excluding hydrogens is 248 g/mol. The van der Waals surface area contributed by atoms with Crippen LogP contribution in [0.15, 0.2) is 54.6 Å². The zero-order chi connectivity index (χ0) is 13.9. The van der Waals surface area contributed by atoms with Gasteiger partial charge in [-0.1, -0.05) is 36.4 Å². The van der Waals surface area contributed by atoms with Gasteiger partial charge in [0.1, 0.15) is 0 Å². The minimum Gasteiger partial charge on any atom is -0.382 e. The lowest BCUT2D eigenvalue weighted by atomic mass is 9.87. The highest BCUT2D eigenvalue weighted by atomic mass is 16.1. The van der Waals surface area contributed by atoms with Crippen molar-refractivity contribution >= 4 is 17.3 Å². The van der Waals surface area contributed by atoms with E-state index in [0.717, 1.165) is 17.8 Å². The van der Waals surface area contributed by atoms with Crippen molar-refractivity contribution in [3.63, 3.8) is 0 Å². The molecule has 1 heterocycles. The Morgan fingerprint density at radius 3 is 2.60 bits per heavy atom. The van der Waals surface area contributed by atoms with Gasteiger partial charge in [0, 0.05) is 17.4 Å². The molecule has 2 atom stereocenters. The molecular formula is C17H18N2O. The maximum Gasteiger partial charge on any atom is 0.229 e. The summed E-state index contributed by atoms with van der Waals surface area (Å²) in [6, 6.07) is 17.9. The van der Waals surface area contributed by atoms with Crippen LogP contribution in [0.2, 0.25) is 0 Å². The lowest BCUT2D eigenvalue weighted by Gasteiger charge is -2.31. The zero-order valence-corrected chi connectivity index (χ0v) is 11.5. The molecule has 0 spiro atoms. The number of hydrogen-bond acceptors (Lipinski definition) is 2. The van der Waals surface area contributed by atoms with Crippen LogP contribution in [0, 0.1) is 5.92 Å². The van der Waals surface area contributed by atoms with E-state index in [9.17, 15) is 4.79 Å². The molecule has 1 aliphatic rings. The van der Waals surface area contributed by atoms with E-state index in [1.807, 2.05) is 42.5 Å². The van der Waals surface area contributed by atoms with Crippen molar-refractivity contribution < 1.29 is 4.79 Å². The maximum atomic E-state index is 12.4. The Hall–Kier alpha value is -2.29. The standard InChI is InChI=1S/C17H18N2O/c1-12-15(11-13-7-5-6-10-16(13)18-12)17(20)19-14-8-3-2-4-9-14/h2-10,12,15,18H,11H2,1H3,(H,19,20). The molecule has 2 aromatic rings. The molecule has 1 amide bonds. The normalized spacial score (nSPS) is 20.6. The highest BCUT2D eigenvalue weighted by Crippen LogP contribution is 2.28. The number of para-hydroxylation sites is 2. The average molecular weight is 266 g/mol. The van der Waals surface area contributed by atoms with Gasteiger partial charge in [-0.3, -0.25) is 4.79 Å². The summed E-state index contributed by atoms with van der Waals surface area (Å²) >= 11 is 0. The molecule has 0 bridgehead atoms. The summed E-state index contributed by atoms with van der Waals surface area (Å²) < 4.78 is 0.